The fraction of sp³-hybridized carbons (Fsp3) is 0.636. The van der Waals surface area contributed by atoms with Gasteiger partial charge in [-0.2, -0.15) is 0 Å². The first-order chi connectivity index (χ1) is 8.22. The molecular formula is C11H17ClN4O. The molecule has 1 aliphatic carbocycles. The van der Waals surface area contributed by atoms with Crippen LogP contribution < -0.4 is 11.1 Å². The molecule has 0 aliphatic heterocycles. The number of aliphatic hydroxyl groups excluding tert-OH is 1. The third kappa shape index (κ3) is 2.79. The summed E-state index contributed by atoms with van der Waals surface area (Å²) < 4.78 is 0. The van der Waals surface area contributed by atoms with Crippen LogP contribution in [0, 0.1) is 11.8 Å². The van der Waals surface area contributed by atoms with Gasteiger partial charge in [-0.1, -0.05) is 18.0 Å². The highest BCUT2D eigenvalue weighted by Gasteiger charge is 2.26. The Morgan fingerprint density at radius 3 is 2.94 bits per heavy atom. The second-order valence-corrected chi connectivity index (χ2v) is 4.80. The molecule has 94 valence electrons. The van der Waals surface area contributed by atoms with Crippen LogP contribution >= 0.6 is 11.6 Å². The van der Waals surface area contributed by atoms with E-state index in [1.54, 1.807) is 0 Å². The maximum absolute atomic E-state index is 9.23. The Bertz CT molecular complexity index is 388. The summed E-state index contributed by atoms with van der Waals surface area (Å²) in [6.45, 7) is 1.02. The number of nitrogens with zero attached hydrogens (tertiary/aromatic N) is 2. The Labute approximate surface area is 105 Å². The van der Waals surface area contributed by atoms with E-state index >= 15 is 0 Å². The molecule has 2 atom stereocenters. The highest BCUT2D eigenvalue weighted by molar-refractivity contribution is 6.32. The molecule has 4 N–H and O–H groups in total. The van der Waals surface area contributed by atoms with Crippen molar-refractivity contribution in [3.63, 3.8) is 0 Å². The predicted octanol–water partition coefficient (Wildman–Crippen LogP) is 1.53. The Kier molecular flexibility index (Phi) is 4.02. The average molecular weight is 257 g/mol. The predicted molar refractivity (Wildman–Crippen MR) is 67.9 cm³/mol. The molecule has 0 bridgehead atoms. The van der Waals surface area contributed by atoms with E-state index in [1.807, 2.05) is 0 Å². The zero-order chi connectivity index (χ0) is 12.3. The highest BCUT2D eigenvalue weighted by Crippen LogP contribution is 2.32. The molecule has 1 aliphatic rings. The van der Waals surface area contributed by atoms with Crippen LogP contribution in [0.2, 0.25) is 5.15 Å². The Morgan fingerprint density at radius 1 is 1.41 bits per heavy atom. The number of aromatic nitrogens is 2. The van der Waals surface area contributed by atoms with Crippen molar-refractivity contribution in [2.24, 2.45) is 11.8 Å². The fourth-order valence-corrected chi connectivity index (χ4v) is 2.50. The fourth-order valence-electron chi connectivity index (χ4n) is 2.37. The van der Waals surface area contributed by atoms with Crippen LogP contribution in [0.5, 0.6) is 0 Å². The maximum atomic E-state index is 9.23. The largest absolute Gasteiger partial charge is 0.396 e. The van der Waals surface area contributed by atoms with Gasteiger partial charge in [-0.05, 0) is 24.7 Å². The van der Waals surface area contributed by atoms with E-state index < -0.39 is 0 Å². The van der Waals surface area contributed by atoms with Gasteiger partial charge in [0, 0.05) is 13.2 Å². The molecule has 0 saturated heterocycles. The van der Waals surface area contributed by atoms with Crippen molar-refractivity contribution in [2.75, 3.05) is 24.2 Å². The van der Waals surface area contributed by atoms with Crippen LogP contribution in [0.15, 0.2) is 6.33 Å². The van der Waals surface area contributed by atoms with E-state index in [0.717, 1.165) is 19.4 Å². The molecule has 1 aromatic rings. The van der Waals surface area contributed by atoms with Crippen LogP contribution in [0.4, 0.5) is 11.5 Å². The molecule has 1 saturated carbocycles. The summed E-state index contributed by atoms with van der Waals surface area (Å²) in [5, 5.41) is 12.7. The third-order valence-electron chi connectivity index (χ3n) is 3.42. The van der Waals surface area contributed by atoms with E-state index in [4.69, 9.17) is 17.3 Å². The summed E-state index contributed by atoms with van der Waals surface area (Å²) in [4.78, 5) is 7.86. The van der Waals surface area contributed by atoms with Crippen molar-refractivity contribution in [1.82, 2.24) is 9.97 Å². The molecule has 1 heterocycles. The van der Waals surface area contributed by atoms with E-state index in [1.165, 1.54) is 12.7 Å². The van der Waals surface area contributed by atoms with Crippen molar-refractivity contribution in [3.05, 3.63) is 11.5 Å². The van der Waals surface area contributed by atoms with Gasteiger partial charge in [0.25, 0.3) is 0 Å². The Hall–Kier alpha value is -1.07. The number of halogens is 1. The molecule has 6 heteroatoms. The third-order valence-corrected chi connectivity index (χ3v) is 3.72. The zero-order valence-corrected chi connectivity index (χ0v) is 10.3. The monoisotopic (exact) mass is 256 g/mol. The highest BCUT2D eigenvalue weighted by atomic mass is 35.5. The van der Waals surface area contributed by atoms with Crippen LogP contribution in [0.1, 0.15) is 19.3 Å². The minimum absolute atomic E-state index is 0.256. The smallest absolute Gasteiger partial charge is 0.157 e. The molecule has 17 heavy (non-hydrogen) atoms. The van der Waals surface area contributed by atoms with Gasteiger partial charge in [-0.25, -0.2) is 9.97 Å². The summed E-state index contributed by atoms with van der Waals surface area (Å²) in [5.41, 5.74) is 6.15. The van der Waals surface area contributed by atoms with Gasteiger partial charge in [-0.3, -0.25) is 0 Å². The van der Waals surface area contributed by atoms with Gasteiger partial charge in [0.05, 0.1) is 0 Å². The zero-order valence-electron chi connectivity index (χ0n) is 9.56. The molecule has 0 amide bonds. The first-order valence-corrected chi connectivity index (χ1v) is 6.21. The van der Waals surface area contributed by atoms with Gasteiger partial charge in [0.2, 0.25) is 0 Å². The van der Waals surface area contributed by atoms with E-state index in [-0.39, 0.29) is 11.8 Å². The topological polar surface area (TPSA) is 84.1 Å². The number of nitrogens with one attached hydrogen (secondary N) is 1. The molecule has 2 rings (SSSR count). The summed E-state index contributed by atoms with van der Waals surface area (Å²) in [5.74, 6) is 1.45. The van der Waals surface area contributed by atoms with E-state index in [0.29, 0.717) is 23.3 Å². The first-order valence-electron chi connectivity index (χ1n) is 5.83. The number of rotatable bonds is 4. The lowest BCUT2D eigenvalue weighted by molar-refractivity contribution is 0.199. The SMILES string of the molecule is Nc1c(Cl)ncnc1NC[C@H]1CCC[C@H]1CO. The van der Waals surface area contributed by atoms with Crippen molar-refractivity contribution >= 4 is 23.1 Å². The average Bonchev–Trinajstić information content (AvgIpc) is 2.78. The normalized spacial score (nSPS) is 23.9. The number of hydrogen-bond acceptors (Lipinski definition) is 5. The quantitative estimate of drug-likeness (QED) is 0.712. The van der Waals surface area contributed by atoms with Crippen LogP contribution in [-0.2, 0) is 0 Å². The minimum atomic E-state index is 0.256. The second kappa shape index (κ2) is 5.51. The van der Waals surface area contributed by atoms with Crippen LogP contribution in [0.3, 0.4) is 0 Å². The Morgan fingerprint density at radius 2 is 2.18 bits per heavy atom. The second-order valence-electron chi connectivity index (χ2n) is 4.44. The first kappa shape index (κ1) is 12.4. The van der Waals surface area contributed by atoms with Gasteiger partial charge in [0.15, 0.2) is 11.0 Å². The van der Waals surface area contributed by atoms with E-state index in [2.05, 4.69) is 15.3 Å². The Balaban J connectivity index is 1.95. The molecule has 0 aromatic carbocycles. The molecule has 0 radical (unpaired) electrons. The lowest BCUT2D eigenvalue weighted by Gasteiger charge is -2.18. The summed E-state index contributed by atoms with van der Waals surface area (Å²) in [7, 11) is 0. The van der Waals surface area contributed by atoms with Gasteiger partial charge in [-0.15, -0.1) is 0 Å². The number of nitrogen functional groups attached to an aromatic ring is 1. The van der Waals surface area contributed by atoms with Gasteiger partial charge in [0.1, 0.15) is 12.0 Å². The lowest BCUT2D eigenvalue weighted by Crippen LogP contribution is -2.21. The summed E-state index contributed by atoms with van der Waals surface area (Å²) >= 11 is 5.81. The van der Waals surface area contributed by atoms with Crippen molar-refractivity contribution in [2.45, 2.75) is 19.3 Å². The van der Waals surface area contributed by atoms with Gasteiger partial charge >= 0.3 is 0 Å². The molecular weight excluding hydrogens is 240 g/mol. The number of hydrogen-bond donors (Lipinski definition) is 3. The van der Waals surface area contributed by atoms with Gasteiger partial charge < -0.3 is 16.2 Å². The number of nitrogens with two attached hydrogens (primary N) is 1. The van der Waals surface area contributed by atoms with Crippen molar-refractivity contribution in [3.8, 4) is 0 Å². The van der Waals surface area contributed by atoms with Crippen molar-refractivity contribution < 1.29 is 5.11 Å². The van der Waals surface area contributed by atoms with Crippen LogP contribution in [-0.4, -0.2) is 28.2 Å². The molecule has 5 nitrogen and oxygen atoms in total. The molecule has 1 fully saturated rings. The number of anilines is 2. The molecule has 0 unspecified atom stereocenters. The lowest BCUT2D eigenvalue weighted by atomic mass is 9.97. The van der Waals surface area contributed by atoms with Crippen molar-refractivity contribution in [1.29, 1.82) is 0 Å². The summed E-state index contributed by atoms with van der Waals surface area (Å²) in [6.07, 6.45) is 4.80. The standard InChI is InChI=1S/C11H17ClN4O/c12-10-9(13)11(16-6-15-10)14-4-7-2-1-3-8(7)5-17/h6-8,17H,1-5,13H2,(H,14,15,16)/t7-,8+/m1/s1. The number of aliphatic hydroxyl groups is 1. The molecule has 0 spiro atoms. The maximum Gasteiger partial charge on any atom is 0.157 e. The summed E-state index contributed by atoms with van der Waals surface area (Å²) in [6, 6.07) is 0. The van der Waals surface area contributed by atoms with E-state index in [9.17, 15) is 5.11 Å². The minimum Gasteiger partial charge on any atom is -0.396 e. The molecule has 1 aromatic heterocycles. The van der Waals surface area contributed by atoms with Crippen LogP contribution in [0.25, 0.3) is 0 Å².